The van der Waals surface area contributed by atoms with Crippen LogP contribution in [0.4, 0.5) is 5.82 Å². The van der Waals surface area contributed by atoms with Crippen LogP contribution in [0.3, 0.4) is 0 Å². The maximum Gasteiger partial charge on any atom is 0.214 e. The Hall–Kier alpha value is -1.25. The zero-order chi connectivity index (χ0) is 6.69. The Morgan fingerprint density at radius 3 is 3.00 bits per heavy atom. The Kier molecular flexibility index (Phi) is 1.53. The summed E-state index contributed by atoms with van der Waals surface area (Å²) in [7, 11) is 1.69. The van der Waals surface area contributed by atoms with Crippen LogP contribution in [-0.4, -0.2) is 18.4 Å². The molecule has 48 valence electrons. The van der Waals surface area contributed by atoms with Gasteiger partial charge in [0, 0.05) is 13.2 Å². The van der Waals surface area contributed by atoms with Crippen LogP contribution in [0.2, 0.25) is 0 Å². The highest BCUT2D eigenvalue weighted by molar-refractivity contribution is 5.71. The van der Waals surface area contributed by atoms with Crippen LogP contribution in [0.1, 0.15) is 0 Å². The number of hydrogen-bond acceptors (Lipinski definition) is 1. The molecule has 1 amide bonds. The van der Waals surface area contributed by atoms with Crippen LogP contribution in [0.5, 0.6) is 0 Å². The minimum Gasteiger partial charge on any atom is -0.348 e. The van der Waals surface area contributed by atoms with Crippen LogP contribution in [0.25, 0.3) is 0 Å². The average Bonchev–Trinajstić information content (AvgIpc) is 2.37. The van der Waals surface area contributed by atoms with Crippen molar-refractivity contribution in [1.29, 1.82) is 0 Å². The minimum absolute atomic E-state index is 0.756. The number of H-pyrrole nitrogens is 1. The minimum atomic E-state index is 0.756. The molecule has 3 nitrogen and oxygen atoms in total. The van der Waals surface area contributed by atoms with E-state index in [1.54, 1.807) is 13.2 Å². The van der Waals surface area contributed by atoms with Crippen molar-refractivity contribution in [3.05, 3.63) is 18.3 Å². The van der Waals surface area contributed by atoms with Gasteiger partial charge < -0.3 is 9.88 Å². The van der Waals surface area contributed by atoms with Gasteiger partial charge in [0.1, 0.15) is 5.82 Å². The smallest absolute Gasteiger partial charge is 0.214 e. The van der Waals surface area contributed by atoms with Gasteiger partial charge in [0.25, 0.3) is 0 Å². The molecule has 1 aromatic heterocycles. The second kappa shape index (κ2) is 2.35. The van der Waals surface area contributed by atoms with Gasteiger partial charge in [0.15, 0.2) is 0 Å². The van der Waals surface area contributed by atoms with Gasteiger partial charge in [-0.2, -0.15) is 0 Å². The summed E-state index contributed by atoms with van der Waals surface area (Å²) >= 11 is 0. The summed E-state index contributed by atoms with van der Waals surface area (Å²) in [4.78, 5) is 14.5. The van der Waals surface area contributed by atoms with Crippen molar-refractivity contribution in [3.63, 3.8) is 0 Å². The molecule has 0 radical (unpaired) electrons. The summed E-state index contributed by atoms with van der Waals surface area (Å²) < 4.78 is 0. The highest BCUT2D eigenvalue weighted by Gasteiger charge is 1.94. The van der Waals surface area contributed by atoms with Gasteiger partial charge in [-0.1, -0.05) is 0 Å². The first-order chi connectivity index (χ1) is 4.34. The fourth-order valence-corrected chi connectivity index (χ4v) is 0.597. The maximum atomic E-state index is 10.1. The van der Waals surface area contributed by atoms with Gasteiger partial charge in [-0.25, -0.2) is 0 Å². The Balaban J connectivity index is 2.76. The third-order valence-electron chi connectivity index (χ3n) is 1.12. The zero-order valence-corrected chi connectivity index (χ0v) is 5.16. The standard InChI is InChI=1S/C6H8N2O/c1-8(5-9)6-3-2-4-7-6/h2-5,7H,1H3. The highest BCUT2D eigenvalue weighted by atomic mass is 16.1. The van der Waals surface area contributed by atoms with Crippen LogP contribution >= 0.6 is 0 Å². The van der Waals surface area contributed by atoms with E-state index >= 15 is 0 Å². The number of nitrogens with one attached hydrogen (secondary N) is 1. The number of amides is 1. The molecule has 1 rings (SSSR count). The molecule has 1 aromatic rings. The Bertz CT molecular complexity index is 181. The van der Waals surface area contributed by atoms with Crippen molar-refractivity contribution >= 4 is 12.2 Å². The molecule has 0 bridgehead atoms. The summed E-state index contributed by atoms with van der Waals surface area (Å²) in [6.45, 7) is 0. The molecule has 0 aromatic carbocycles. The summed E-state index contributed by atoms with van der Waals surface area (Å²) in [5, 5.41) is 0. The monoisotopic (exact) mass is 124 g/mol. The number of anilines is 1. The number of rotatable bonds is 2. The van der Waals surface area contributed by atoms with Gasteiger partial charge in [-0.3, -0.25) is 4.79 Å². The van der Waals surface area contributed by atoms with Gasteiger partial charge in [0.05, 0.1) is 0 Å². The molecule has 0 fully saturated rings. The summed E-state index contributed by atoms with van der Waals surface area (Å²) in [5.74, 6) is 0.810. The first kappa shape index (κ1) is 5.88. The summed E-state index contributed by atoms with van der Waals surface area (Å²) in [6, 6.07) is 3.67. The van der Waals surface area contributed by atoms with Gasteiger partial charge in [0.2, 0.25) is 6.41 Å². The molecular weight excluding hydrogens is 116 g/mol. The van der Waals surface area contributed by atoms with Crippen LogP contribution in [0, 0.1) is 0 Å². The van der Waals surface area contributed by atoms with Crippen molar-refractivity contribution in [3.8, 4) is 0 Å². The first-order valence-electron chi connectivity index (χ1n) is 2.66. The molecule has 0 unspecified atom stereocenters. The highest BCUT2D eigenvalue weighted by Crippen LogP contribution is 2.03. The fourth-order valence-electron chi connectivity index (χ4n) is 0.597. The predicted molar refractivity (Wildman–Crippen MR) is 35.3 cm³/mol. The molecule has 0 aliphatic rings. The second-order valence-corrected chi connectivity index (χ2v) is 1.77. The number of aromatic amines is 1. The molecule has 0 aliphatic carbocycles. The van der Waals surface area contributed by atoms with Gasteiger partial charge >= 0.3 is 0 Å². The number of carbonyl (C=O) groups excluding carboxylic acids is 1. The third kappa shape index (κ3) is 1.10. The van der Waals surface area contributed by atoms with Crippen LogP contribution in [0.15, 0.2) is 18.3 Å². The lowest BCUT2D eigenvalue weighted by Gasteiger charge is -2.05. The van der Waals surface area contributed by atoms with Crippen molar-refractivity contribution in [2.75, 3.05) is 11.9 Å². The molecule has 0 saturated heterocycles. The summed E-state index contributed by atoms with van der Waals surface area (Å²) in [6.07, 6.45) is 2.53. The van der Waals surface area contributed by atoms with E-state index in [9.17, 15) is 4.79 Å². The lowest BCUT2D eigenvalue weighted by Crippen LogP contribution is -2.13. The number of carbonyl (C=O) groups is 1. The van der Waals surface area contributed by atoms with E-state index in [1.165, 1.54) is 4.90 Å². The average molecular weight is 124 g/mol. The Labute approximate surface area is 53.3 Å². The third-order valence-corrected chi connectivity index (χ3v) is 1.12. The van der Waals surface area contributed by atoms with E-state index in [1.807, 2.05) is 12.1 Å². The van der Waals surface area contributed by atoms with Crippen molar-refractivity contribution in [1.82, 2.24) is 4.98 Å². The Morgan fingerprint density at radius 1 is 1.78 bits per heavy atom. The maximum absolute atomic E-state index is 10.1. The van der Waals surface area contributed by atoms with Crippen LogP contribution < -0.4 is 4.90 Å². The van der Waals surface area contributed by atoms with E-state index in [4.69, 9.17) is 0 Å². The van der Waals surface area contributed by atoms with Gasteiger partial charge in [-0.05, 0) is 12.1 Å². The topological polar surface area (TPSA) is 36.1 Å². The van der Waals surface area contributed by atoms with E-state index in [2.05, 4.69) is 4.98 Å². The number of hydrogen-bond donors (Lipinski definition) is 1. The van der Waals surface area contributed by atoms with E-state index in [-0.39, 0.29) is 0 Å². The molecule has 1 heterocycles. The first-order valence-corrected chi connectivity index (χ1v) is 2.66. The molecule has 3 heteroatoms. The Morgan fingerprint density at radius 2 is 2.56 bits per heavy atom. The SMILES string of the molecule is CN(C=O)c1ccc[nH]1. The fraction of sp³-hybridized carbons (Fsp3) is 0.167. The molecule has 0 atom stereocenters. The quantitative estimate of drug-likeness (QED) is 0.576. The number of aromatic nitrogens is 1. The summed E-state index contributed by atoms with van der Waals surface area (Å²) in [5.41, 5.74) is 0. The molecule has 1 N–H and O–H groups in total. The second-order valence-electron chi connectivity index (χ2n) is 1.77. The zero-order valence-electron chi connectivity index (χ0n) is 5.16. The normalized spacial score (nSPS) is 9.00. The molecular formula is C6H8N2O. The molecule has 0 aliphatic heterocycles. The van der Waals surface area contributed by atoms with Crippen molar-refractivity contribution in [2.24, 2.45) is 0 Å². The lowest BCUT2D eigenvalue weighted by atomic mass is 10.6. The van der Waals surface area contributed by atoms with E-state index < -0.39 is 0 Å². The lowest BCUT2D eigenvalue weighted by molar-refractivity contribution is -0.107. The van der Waals surface area contributed by atoms with E-state index in [0.717, 1.165) is 12.2 Å². The number of nitrogens with zero attached hydrogens (tertiary/aromatic N) is 1. The molecule has 0 saturated carbocycles. The molecule has 0 spiro atoms. The van der Waals surface area contributed by atoms with Crippen LogP contribution in [-0.2, 0) is 4.79 Å². The molecule has 9 heavy (non-hydrogen) atoms. The van der Waals surface area contributed by atoms with Crippen molar-refractivity contribution < 1.29 is 4.79 Å². The van der Waals surface area contributed by atoms with Gasteiger partial charge in [-0.15, -0.1) is 0 Å². The predicted octanol–water partition coefficient (Wildman–Crippen LogP) is 0.607. The van der Waals surface area contributed by atoms with Crippen molar-refractivity contribution in [2.45, 2.75) is 0 Å². The largest absolute Gasteiger partial charge is 0.348 e. The van der Waals surface area contributed by atoms with E-state index in [0.29, 0.717) is 0 Å².